The Hall–Kier alpha value is -3.28. The summed E-state index contributed by atoms with van der Waals surface area (Å²) in [5.41, 5.74) is 3.94. The van der Waals surface area contributed by atoms with Crippen LogP contribution in [0.3, 0.4) is 0 Å². The van der Waals surface area contributed by atoms with E-state index in [2.05, 4.69) is 0 Å². The van der Waals surface area contributed by atoms with E-state index in [4.69, 9.17) is 30.5 Å². The first-order valence-corrected chi connectivity index (χ1v) is 10.3. The van der Waals surface area contributed by atoms with Crippen molar-refractivity contribution in [1.29, 1.82) is 0 Å². The third kappa shape index (κ3) is 3.78. The molecule has 0 spiro atoms. The molecule has 0 saturated carbocycles. The van der Waals surface area contributed by atoms with Crippen molar-refractivity contribution in [3.8, 4) is 17.2 Å². The normalized spacial score (nSPS) is 15.8. The van der Waals surface area contributed by atoms with Gasteiger partial charge in [-0.2, -0.15) is 0 Å². The summed E-state index contributed by atoms with van der Waals surface area (Å²) in [5.74, 6) is 2.08. The second-order valence-corrected chi connectivity index (χ2v) is 7.80. The molecular formula is C25H19ClO5. The molecule has 3 aromatic carbocycles. The van der Waals surface area contributed by atoms with Crippen LogP contribution in [0.15, 0.2) is 60.4 Å². The van der Waals surface area contributed by atoms with Crippen molar-refractivity contribution < 1.29 is 23.7 Å². The molecule has 0 unspecified atom stereocenters. The number of hydrogen-bond donors (Lipinski definition) is 0. The van der Waals surface area contributed by atoms with Crippen molar-refractivity contribution in [3.63, 3.8) is 0 Å². The van der Waals surface area contributed by atoms with E-state index >= 15 is 0 Å². The Morgan fingerprint density at radius 2 is 1.94 bits per heavy atom. The molecule has 2 aliphatic rings. The number of Topliss-reactive ketones (excluding diaryl/α,β-unsaturated/α-hetero) is 1. The maximum Gasteiger partial charge on any atom is 0.231 e. The summed E-state index contributed by atoms with van der Waals surface area (Å²) in [6.45, 7) is 2.80. The van der Waals surface area contributed by atoms with E-state index in [1.54, 1.807) is 18.2 Å². The van der Waals surface area contributed by atoms with E-state index < -0.39 is 0 Å². The maximum atomic E-state index is 12.8. The van der Waals surface area contributed by atoms with Gasteiger partial charge in [-0.05, 0) is 42.8 Å². The zero-order valence-corrected chi connectivity index (χ0v) is 17.6. The zero-order chi connectivity index (χ0) is 21.4. The molecule has 0 N–H and O–H groups in total. The van der Waals surface area contributed by atoms with E-state index in [1.165, 1.54) is 0 Å². The van der Waals surface area contributed by atoms with Gasteiger partial charge in [-0.25, -0.2) is 0 Å². The number of halogens is 1. The molecule has 0 fully saturated rings. The van der Waals surface area contributed by atoms with Crippen LogP contribution in [0.1, 0.15) is 32.6 Å². The van der Waals surface area contributed by atoms with Gasteiger partial charge in [-0.15, -0.1) is 0 Å². The first-order valence-electron chi connectivity index (χ1n) is 9.87. The van der Waals surface area contributed by atoms with Crippen molar-refractivity contribution in [3.05, 3.63) is 93.2 Å². The quantitative estimate of drug-likeness (QED) is 0.492. The van der Waals surface area contributed by atoms with Crippen LogP contribution >= 0.6 is 11.6 Å². The molecule has 6 heteroatoms. The Bertz CT molecular complexity index is 1200. The van der Waals surface area contributed by atoms with E-state index in [0.717, 1.165) is 28.0 Å². The summed E-state index contributed by atoms with van der Waals surface area (Å²) in [7, 11) is 0. The van der Waals surface area contributed by atoms with Crippen LogP contribution < -0.4 is 14.2 Å². The minimum atomic E-state index is -0.134. The number of carbonyl (C=O) groups excluding carboxylic acids is 1. The predicted molar refractivity (Wildman–Crippen MR) is 117 cm³/mol. The van der Waals surface area contributed by atoms with Gasteiger partial charge in [-0.1, -0.05) is 41.9 Å². The number of carbonyl (C=O) groups is 1. The molecule has 0 bridgehead atoms. The second-order valence-electron chi connectivity index (χ2n) is 7.37. The van der Waals surface area contributed by atoms with Crippen molar-refractivity contribution in [2.24, 2.45) is 0 Å². The standard InChI is InChI=1S/C25H19ClO5/c1-15-21(29-13-18-11-19(26)10-17-12-28-14-30-25(17)18)8-7-20-23(27)22(31-24(15)20)9-16-5-3-2-4-6-16/h2-11H,12-14H2,1H3/b22-9-. The van der Waals surface area contributed by atoms with Crippen molar-refractivity contribution >= 4 is 23.5 Å². The third-order valence-electron chi connectivity index (χ3n) is 5.27. The molecule has 0 aliphatic carbocycles. The molecule has 156 valence electrons. The van der Waals surface area contributed by atoms with Gasteiger partial charge in [-0.3, -0.25) is 4.79 Å². The van der Waals surface area contributed by atoms with Crippen LogP contribution in [0, 0.1) is 6.92 Å². The lowest BCUT2D eigenvalue weighted by atomic mass is 10.1. The van der Waals surface area contributed by atoms with Crippen molar-refractivity contribution in [2.45, 2.75) is 20.1 Å². The van der Waals surface area contributed by atoms with Crippen LogP contribution in [0.5, 0.6) is 17.2 Å². The molecular weight excluding hydrogens is 416 g/mol. The fraction of sp³-hybridized carbons (Fsp3) is 0.160. The van der Waals surface area contributed by atoms with Crippen LogP contribution in [0.2, 0.25) is 5.02 Å². The summed E-state index contributed by atoms with van der Waals surface area (Å²) in [4.78, 5) is 12.8. The average Bonchev–Trinajstić information content (AvgIpc) is 3.10. The summed E-state index contributed by atoms with van der Waals surface area (Å²) < 4.78 is 23.0. The molecule has 2 heterocycles. The smallest absolute Gasteiger partial charge is 0.231 e. The van der Waals surface area contributed by atoms with E-state index in [9.17, 15) is 4.79 Å². The van der Waals surface area contributed by atoms with Gasteiger partial charge in [0.25, 0.3) is 0 Å². The average molecular weight is 435 g/mol. The molecule has 0 atom stereocenters. The molecule has 0 radical (unpaired) electrons. The first kappa shape index (κ1) is 19.7. The van der Waals surface area contributed by atoms with Crippen LogP contribution in [-0.4, -0.2) is 12.6 Å². The Morgan fingerprint density at radius 1 is 1.10 bits per heavy atom. The van der Waals surface area contributed by atoms with Gasteiger partial charge in [0.2, 0.25) is 5.78 Å². The molecule has 5 nitrogen and oxygen atoms in total. The molecule has 2 aliphatic heterocycles. The van der Waals surface area contributed by atoms with Crippen LogP contribution in [0.4, 0.5) is 0 Å². The summed E-state index contributed by atoms with van der Waals surface area (Å²) in [6, 6.07) is 16.8. The van der Waals surface area contributed by atoms with E-state index in [0.29, 0.717) is 34.5 Å². The number of ether oxygens (including phenoxy) is 4. The van der Waals surface area contributed by atoms with Gasteiger partial charge < -0.3 is 18.9 Å². The fourth-order valence-corrected chi connectivity index (χ4v) is 4.01. The van der Waals surface area contributed by atoms with Crippen LogP contribution in [0.25, 0.3) is 6.08 Å². The lowest BCUT2D eigenvalue weighted by Crippen LogP contribution is -2.14. The number of ketones is 1. The highest BCUT2D eigenvalue weighted by atomic mass is 35.5. The van der Waals surface area contributed by atoms with E-state index in [-0.39, 0.29) is 19.2 Å². The molecule has 0 amide bonds. The predicted octanol–water partition coefficient (Wildman–Crippen LogP) is 5.71. The van der Waals surface area contributed by atoms with Gasteiger partial charge in [0.05, 0.1) is 12.2 Å². The third-order valence-corrected chi connectivity index (χ3v) is 5.49. The highest BCUT2D eigenvalue weighted by Crippen LogP contribution is 2.40. The second kappa shape index (κ2) is 8.10. The molecule has 3 aromatic rings. The van der Waals surface area contributed by atoms with Gasteiger partial charge >= 0.3 is 0 Å². The summed E-state index contributed by atoms with van der Waals surface area (Å²) >= 11 is 6.24. The number of fused-ring (bicyclic) bond motifs is 2. The van der Waals surface area contributed by atoms with E-state index in [1.807, 2.05) is 49.4 Å². The topological polar surface area (TPSA) is 54.0 Å². The summed E-state index contributed by atoms with van der Waals surface area (Å²) in [5, 5.41) is 0.599. The van der Waals surface area contributed by atoms with Crippen molar-refractivity contribution in [2.75, 3.05) is 6.79 Å². The SMILES string of the molecule is Cc1c(OCc2cc(Cl)cc3c2OCOC3)ccc2c1O/C(=C\c1ccccc1)C2=O. The monoisotopic (exact) mass is 434 g/mol. The molecule has 5 rings (SSSR count). The maximum absolute atomic E-state index is 12.8. The molecule has 0 aromatic heterocycles. The largest absolute Gasteiger partial charge is 0.488 e. The Morgan fingerprint density at radius 3 is 2.77 bits per heavy atom. The summed E-state index contributed by atoms with van der Waals surface area (Å²) in [6.07, 6.45) is 1.75. The number of rotatable bonds is 4. The number of benzene rings is 3. The first-order chi connectivity index (χ1) is 15.1. The van der Waals surface area contributed by atoms with Gasteiger partial charge in [0.15, 0.2) is 12.6 Å². The van der Waals surface area contributed by atoms with Crippen molar-refractivity contribution in [1.82, 2.24) is 0 Å². The fourth-order valence-electron chi connectivity index (χ4n) is 3.74. The minimum absolute atomic E-state index is 0.134. The number of hydrogen-bond acceptors (Lipinski definition) is 5. The zero-order valence-electron chi connectivity index (χ0n) is 16.8. The number of allylic oxidation sites excluding steroid dienone is 1. The highest BCUT2D eigenvalue weighted by molar-refractivity contribution is 6.30. The Labute approximate surface area is 184 Å². The van der Waals surface area contributed by atoms with Gasteiger partial charge in [0, 0.05) is 21.7 Å². The Balaban J connectivity index is 1.40. The minimum Gasteiger partial charge on any atom is -0.488 e. The molecule has 0 saturated heterocycles. The lowest BCUT2D eigenvalue weighted by Gasteiger charge is -2.21. The molecule has 31 heavy (non-hydrogen) atoms. The highest BCUT2D eigenvalue weighted by Gasteiger charge is 2.30. The lowest BCUT2D eigenvalue weighted by molar-refractivity contribution is -0.0175. The van der Waals surface area contributed by atoms with Crippen LogP contribution in [-0.2, 0) is 18.0 Å². The van der Waals surface area contributed by atoms with Gasteiger partial charge in [0.1, 0.15) is 23.9 Å². The Kier molecular flexibility index (Phi) is 5.14.